The van der Waals surface area contributed by atoms with E-state index in [0.29, 0.717) is 30.3 Å². The molecule has 3 nitrogen and oxygen atoms in total. The molecular formula is C13H28N2O. The standard InChI is InChI=1S/C11H22N2O.C2H6/c1-7(2)9-5-12-6-10(14)13-11(9)8(3)4;1-2/h7-9,11-12H,5-6H2,1-4H3,(H,13,14);1-2H3. The van der Waals surface area contributed by atoms with Crippen molar-refractivity contribution in [2.45, 2.75) is 47.6 Å². The van der Waals surface area contributed by atoms with Crippen molar-refractivity contribution in [3.05, 3.63) is 0 Å². The van der Waals surface area contributed by atoms with Crippen molar-refractivity contribution in [3.8, 4) is 0 Å². The fourth-order valence-electron chi connectivity index (χ4n) is 2.13. The summed E-state index contributed by atoms with van der Waals surface area (Å²) < 4.78 is 0. The average Bonchev–Trinajstić information content (AvgIpc) is 2.43. The molecule has 0 aliphatic carbocycles. The molecule has 1 fully saturated rings. The molecule has 0 spiro atoms. The number of hydrogen-bond donors (Lipinski definition) is 2. The lowest BCUT2D eigenvalue weighted by Crippen LogP contribution is -2.45. The maximum Gasteiger partial charge on any atom is 0.234 e. The van der Waals surface area contributed by atoms with E-state index >= 15 is 0 Å². The van der Waals surface area contributed by atoms with Gasteiger partial charge in [-0.3, -0.25) is 4.79 Å². The van der Waals surface area contributed by atoms with Crippen LogP contribution in [0.25, 0.3) is 0 Å². The van der Waals surface area contributed by atoms with E-state index in [1.807, 2.05) is 13.8 Å². The number of amides is 1. The van der Waals surface area contributed by atoms with Crippen LogP contribution in [0.4, 0.5) is 0 Å². The Balaban J connectivity index is 0.00000106. The zero-order valence-electron chi connectivity index (χ0n) is 11.6. The Morgan fingerprint density at radius 3 is 2.12 bits per heavy atom. The van der Waals surface area contributed by atoms with Crippen molar-refractivity contribution < 1.29 is 4.79 Å². The van der Waals surface area contributed by atoms with Crippen molar-refractivity contribution in [1.29, 1.82) is 0 Å². The summed E-state index contributed by atoms with van der Waals surface area (Å²) in [6.07, 6.45) is 0. The van der Waals surface area contributed by atoms with Gasteiger partial charge >= 0.3 is 0 Å². The first-order chi connectivity index (χ1) is 7.52. The van der Waals surface area contributed by atoms with Crippen LogP contribution < -0.4 is 10.6 Å². The molecule has 2 unspecified atom stereocenters. The van der Waals surface area contributed by atoms with Gasteiger partial charge in [0.05, 0.1) is 6.54 Å². The van der Waals surface area contributed by atoms with E-state index in [2.05, 4.69) is 38.3 Å². The van der Waals surface area contributed by atoms with Gasteiger partial charge in [-0.05, 0) is 17.8 Å². The highest BCUT2D eigenvalue weighted by Crippen LogP contribution is 2.21. The summed E-state index contributed by atoms with van der Waals surface area (Å²) in [4.78, 5) is 11.4. The summed E-state index contributed by atoms with van der Waals surface area (Å²) in [6, 6.07) is 0.317. The van der Waals surface area contributed by atoms with Crippen LogP contribution in [0.15, 0.2) is 0 Å². The van der Waals surface area contributed by atoms with Crippen LogP contribution >= 0.6 is 0 Å². The summed E-state index contributed by atoms with van der Waals surface area (Å²) in [7, 11) is 0. The second-order valence-electron chi connectivity index (χ2n) is 4.88. The lowest BCUT2D eigenvalue weighted by molar-refractivity contribution is -0.120. The zero-order valence-corrected chi connectivity index (χ0v) is 11.6. The van der Waals surface area contributed by atoms with Crippen molar-refractivity contribution in [3.63, 3.8) is 0 Å². The molecule has 1 aliphatic rings. The third-order valence-corrected chi connectivity index (χ3v) is 3.03. The predicted molar refractivity (Wildman–Crippen MR) is 69.3 cm³/mol. The highest BCUT2D eigenvalue weighted by Gasteiger charge is 2.30. The van der Waals surface area contributed by atoms with E-state index in [0.717, 1.165) is 6.54 Å². The lowest BCUT2D eigenvalue weighted by Gasteiger charge is -2.31. The van der Waals surface area contributed by atoms with Gasteiger partial charge < -0.3 is 10.6 Å². The number of carbonyl (C=O) groups excluding carboxylic acids is 1. The number of hydrogen-bond acceptors (Lipinski definition) is 2. The highest BCUT2D eigenvalue weighted by molar-refractivity contribution is 5.78. The van der Waals surface area contributed by atoms with E-state index in [1.165, 1.54) is 0 Å². The third-order valence-electron chi connectivity index (χ3n) is 3.03. The largest absolute Gasteiger partial charge is 0.352 e. The van der Waals surface area contributed by atoms with Crippen molar-refractivity contribution >= 4 is 5.91 Å². The molecule has 96 valence electrons. The van der Waals surface area contributed by atoms with E-state index in [-0.39, 0.29) is 5.91 Å². The molecular weight excluding hydrogens is 200 g/mol. The number of carbonyl (C=O) groups is 1. The van der Waals surface area contributed by atoms with Crippen LogP contribution in [0.1, 0.15) is 41.5 Å². The second-order valence-corrected chi connectivity index (χ2v) is 4.88. The number of nitrogens with one attached hydrogen (secondary N) is 2. The first-order valence-electron chi connectivity index (χ1n) is 6.52. The molecule has 2 atom stereocenters. The molecule has 0 aromatic rings. The SMILES string of the molecule is CC.CC(C)C1CNCC(=O)NC1C(C)C. The fourth-order valence-corrected chi connectivity index (χ4v) is 2.13. The van der Waals surface area contributed by atoms with Crippen LogP contribution in [0.5, 0.6) is 0 Å². The van der Waals surface area contributed by atoms with Crippen molar-refractivity contribution in [1.82, 2.24) is 10.6 Å². The molecule has 0 bridgehead atoms. The Morgan fingerprint density at radius 1 is 1.12 bits per heavy atom. The van der Waals surface area contributed by atoms with Crippen molar-refractivity contribution in [2.75, 3.05) is 13.1 Å². The molecule has 2 N–H and O–H groups in total. The van der Waals surface area contributed by atoms with Gasteiger partial charge in [-0.25, -0.2) is 0 Å². The maximum absolute atomic E-state index is 11.4. The Bertz CT molecular complexity index is 202. The van der Waals surface area contributed by atoms with E-state index in [4.69, 9.17) is 0 Å². The van der Waals surface area contributed by atoms with Crippen molar-refractivity contribution in [2.24, 2.45) is 17.8 Å². The zero-order chi connectivity index (χ0) is 12.7. The highest BCUT2D eigenvalue weighted by atomic mass is 16.2. The summed E-state index contributed by atoms with van der Waals surface area (Å²) in [5.41, 5.74) is 0. The fraction of sp³-hybridized carbons (Fsp3) is 0.923. The van der Waals surface area contributed by atoms with Gasteiger partial charge in [0.2, 0.25) is 5.91 Å². The van der Waals surface area contributed by atoms with Crippen LogP contribution in [0.3, 0.4) is 0 Å². The van der Waals surface area contributed by atoms with E-state index in [9.17, 15) is 4.79 Å². The molecule has 1 heterocycles. The number of rotatable bonds is 2. The maximum atomic E-state index is 11.4. The first kappa shape index (κ1) is 15.4. The van der Waals surface area contributed by atoms with E-state index < -0.39 is 0 Å². The van der Waals surface area contributed by atoms with E-state index in [1.54, 1.807) is 0 Å². The quantitative estimate of drug-likeness (QED) is 0.759. The minimum atomic E-state index is 0.131. The predicted octanol–water partition coefficient (Wildman–Crippen LogP) is 2.03. The molecule has 0 radical (unpaired) electrons. The molecule has 16 heavy (non-hydrogen) atoms. The van der Waals surface area contributed by atoms with Gasteiger partial charge in [0.1, 0.15) is 0 Å². The molecule has 0 saturated carbocycles. The Labute approximate surface area is 100 Å². The molecule has 3 heteroatoms. The first-order valence-corrected chi connectivity index (χ1v) is 6.52. The van der Waals surface area contributed by atoms with Gasteiger partial charge in [0.25, 0.3) is 0 Å². The van der Waals surface area contributed by atoms with Gasteiger partial charge in [-0.1, -0.05) is 41.5 Å². The molecule has 1 rings (SSSR count). The Morgan fingerprint density at radius 2 is 1.69 bits per heavy atom. The topological polar surface area (TPSA) is 41.1 Å². The average molecular weight is 228 g/mol. The van der Waals surface area contributed by atoms with Crippen LogP contribution in [-0.4, -0.2) is 25.0 Å². The van der Waals surface area contributed by atoms with Gasteiger partial charge in [-0.15, -0.1) is 0 Å². The minimum absolute atomic E-state index is 0.131. The molecule has 1 aliphatic heterocycles. The molecule has 1 saturated heterocycles. The smallest absolute Gasteiger partial charge is 0.234 e. The molecule has 1 amide bonds. The third kappa shape index (κ3) is 4.52. The minimum Gasteiger partial charge on any atom is -0.352 e. The van der Waals surface area contributed by atoms with Gasteiger partial charge in [0, 0.05) is 12.6 Å². The van der Waals surface area contributed by atoms with Crippen LogP contribution in [-0.2, 0) is 4.79 Å². The summed E-state index contributed by atoms with van der Waals surface area (Å²) in [5.74, 6) is 1.79. The van der Waals surface area contributed by atoms with Gasteiger partial charge in [0.15, 0.2) is 0 Å². The summed E-state index contributed by atoms with van der Waals surface area (Å²) >= 11 is 0. The van der Waals surface area contributed by atoms with Crippen LogP contribution in [0.2, 0.25) is 0 Å². The summed E-state index contributed by atoms with van der Waals surface area (Å²) in [6.45, 7) is 14.2. The Hall–Kier alpha value is -0.570. The lowest BCUT2D eigenvalue weighted by atomic mass is 9.83. The van der Waals surface area contributed by atoms with Crippen LogP contribution in [0, 0.1) is 17.8 Å². The normalized spacial score (nSPS) is 25.9. The molecule has 0 aromatic carbocycles. The summed E-state index contributed by atoms with van der Waals surface area (Å²) in [5, 5.41) is 6.31. The Kier molecular flexibility index (Phi) is 7.39. The monoisotopic (exact) mass is 228 g/mol. The molecule has 0 aromatic heterocycles. The van der Waals surface area contributed by atoms with Gasteiger partial charge in [-0.2, -0.15) is 0 Å². The second kappa shape index (κ2) is 7.66.